The third-order valence-corrected chi connectivity index (χ3v) is 0. The molecule has 4 nitrogen and oxygen atoms in total. The van der Waals surface area contributed by atoms with Gasteiger partial charge in [-0.15, -0.1) is 0 Å². The van der Waals surface area contributed by atoms with Crippen LogP contribution in [0.1, 0.15) is 0 Å². The third-order valence-electron chi connectivity index (χ3n) is 0. The van der Waals surface area contributed by atoms with Gasteiger partial charge in [0.2, 0.25) is 0 Å². The van der Waals surface area contributed by atoms with E-state index in [0.29, 0.717) is 0 Å². The molecule has 3 N–H and O–H groups in total. The molecule has 0 unspecified atom stereocenters. The van der Waals surface area contributed by atoms with Gasteiger partial charge in [0.05, 0.1) is 0 Å². The summed E-state index contributed by atoms with van der Waals surface area (Å²) in [5, 5.41) is 0. The van der Waals surface area contributed by atoms with E-state index in [0.717, 1.165) is 0 Å². The molecule has 11 heavy (non-hydrogen) atoms. The smallest absolute Gasteiger partial charge is 0 e. The minimum atomic E-state index is -4.64. The Kier molecular flexibility index (Phi) is 100. The van der Waals surface area contributed by atoms with E-state index in [1.807, 2.05) is 0 Å². The molecule has 11 heteroatoms. The predicted molar refractivity (Wildman–Crippen MR) is 28.6 cm³/mol. The predicted octanol–water partition coefficient (Wildman–Crippen LogP) is -2.24. The fourth-order valence-electron chi connectivity index (χ4n) is 0. The molecule has 70 valence electrons. The summed E-state index contributed by atoms with van der Waals surface area (Å²) in [5.74, 6) is 0. The van der Waals surface area contributed by atoms with E-state index in [9.17, 15) is 0 Å². The van der Waals surface area contributed by atoms with Crippen LogP contribution in [0.5, 0.6) is 0 Å². The fourth-order valence-corrected chi connectivity index (χ4v) is 0. The van der Waals surface area contributed by atoms with Crippen LogP contribution in [-0.2, 0) is 72.0 Å². The third kappa shape index (κ3) is 154. The van der Waals surface area contributed by atoms with Crippen molar-refractivity contribution >= 4 is 45.5 Å². The Bertz CT molecular complexity index is 74.2. The van der Waals surface area contributed by atoms with E-state index in [1.165, 1.54) is 0 Å². The monoisotopic (exact) mass is 342 g/mol. The van der Waals surface area contributed by atoms with Gasteiger partial charge in [0.25, 0.3) is 0 Å². The molecule has 0 saturated heterocycles. The van der Waals surface area contributed by atoms with Crippen molar-refractivity contribution in [2.75, 3.05) is 0 Å². The molecule has 0 fully saturated rings. The summed E-state index contributed by atoms with van der Waals surface area (Å²) in [4.78, 5) is 21.6. The topological polar surface area (TPSA) is 77.8 Å². The summed E-state index contributed by atoms with van der Waals surface area (Å²) in [6.07, 6.45) is 0. The second-order valence-corrected chi connectivity index (χ2v) is 1.54. The first kappa shape index (κ1) is 47.4. The molecule has 0 bridgehead atoms. The van der Waals surface area contributed by atoms with Crippen LogP contribution in [0.4, 0.5) is 0 Å². The second kappa shape index (κ2) is 23.3. The molecule has 0 aliphatic rings. The molecule has 0 saturated carbocycles. The average Bonchev–Trinajstić information content (AvgIpc) is 0.722. The van der Waals surface area contributed by atoms with E-state index < -0.39 is 7.82 Å². The maximum Gasteiger partial charge on any atom is 0 e. The normalized spacial score (nSPS) is 5.36. The van der Waals surface area contributed by atoms with Gasteiger partial charge in [-0.1, -0.05) is 0 Å². The largest absolute Gasteiger partial charge is 0 e. The maximum atomic E-state index is 8.88. The molecule has 0 atom stereocenters. The Hall–Kier alpha value is 3.34. The van der Waals surface area contributed by atoms with Crippen LogP contribution in [-0.4, -0.2) is 52.4 Å². The first-order chi connectivity index (χ1) is 2.00. The second-order valence-electron chi connectivity index (χ2n) is 0.513. The van der Waals surface area contributed by atoms with Crippen molar-refractivity contribution in [2.24, 2.45) is 0 Å². The summed E-state index contributed by atoms with van der Waals surface area (Å²) in [7, 11) is -4.64. The fraction of sp³-hybridized carbons (Fsp3) is 0. The van der Waals surface area contributed by atoms with Gasteiger partial charge in [-0.2, -0.15) is 0 Å². The molecule has 0 heterocycles. The summed E-state index contributed by atoms with van der Waals surface area (Å²) in [6.45, 7) is 0. The standard InChI is InChI=1S/Co.Fe.2Li.Mn.Ni.H3O4P.2H/c;;;;;;1-5(2,3)4;;/h;;;;;;(H3,1,2,3,4);;. The van der Waals surface area contributed by atoms with Crippen LogP contribution in [0.25, 0.3) is 0 Å². The zero-order valence-electron chi connectivity index (χ0n) is 3.58. The Balaban J connectivity index is -0.00000000533. The van der Waals surface area contributed by atoms with E-state index in [4.69, 9.17) is 19.2 Å². The summed E-state index contributed by atoms with van der Waals surface area (Å²) in [6, 6.07) is 0. The zero-order valence-corrected chi connectivity index (χ0v) is 8.79. The molecule has 0 aliphatic heterocycles. The van der Waals surface area contributed by atoms with Crippen molar-refractivity contribution in [2.45, 2.75) is 0 Å². The molecule has 0 aromatic rings. The first-order valence-corrected chi connectivity index (χ1v) is 2.35. The molecule has 0 aromatic heterocycles. The van der Waals surface area contributed by atoms with Gasteiger partial charge in [-0.05, 0) is 0 Å². The van der Waals surface area contributed by atoms with Crippen LogP contribution >= 0.6 is 7.82 Å². The average molecular weight is 342 g/mol. The Morgan fingerprint density at radius 2 is 1.00 bits per heavy atom. The minimum Gasteiger partial charge on any atom is 0 e. The van der Waals surface area contributed by atoms with Gasteiger partial charge in [0.15, 0.2) is 0 Å². The van der Waals surface area contributed by atoms with Gasteiger partial charge >= 0.3 is 45.5 Å². The maximum absolute atomic E-state index is 8.88. The quantitative estimate of drug-likeness (QED) is 0.344. The SMILES string of the molecule is O=P(O)(O)O.[Co].[Fe].[LiH].[LiH].[Mn].[Ni]. The van der Waals surface area contributed by atoms with Crippen LogP contribution in [0.2, 0.25) is 0 Å². The molecule has 0 aliphatic carbocycles. The summed E-state index contributed by atoms with van der Waals surface area (Å²) in [5.41, 5.74) is 0. The van der Waals surface area contributed by atoms with Crippen molar-refractivity contribution in [1.29, 1.82) is 0 Å². The van der Waals surface area contributed by atoms with Crippen molar-refractivity contribution < 1.29 is 86.7 Å². The number of rotatable bonds is 0. The van der Waals surface area contributed by atoms with Gasteiger partial charge in [-0.3, -0.25) is 0 Å². The molecular formula is H5CoFeLi2MnNiO4P. The molecular weight excluding hydrogens is 337 g/mol. The Morgan fingerprint density at radius 3 is 1.00 bits per heavy atom. The van der Waals surface area contributed by atoms with Crippen molar-refractivity contribution in [3.05, 3.63) is 0 Å². The van der Waals surface area contributed by atoms with Crippen molar-refractivity contribution in [3.63, 3.8) is 0 Å². The zero-order chi connectivity index (χ0) is 4.50. The van der Waals surface area contributed by atoms with Crippen LogP contribution in [0.15, 0.2) is 0 Å². The van der Waals surface area contributed by atoms with Gasteiger partial charge in [0.1, 0.15) is 0 Å². The van der Waals surface area contributed by atoms with Gasteiger partial charge < -0.3 is 14.7 Å². The van der Waals surface area contributed by atoms with Crippen molar-refractivity contribution in [1.82, 2.24) is 0 Å². The van der Waals surface area contributed by atoms with Crippen LogP contribution in [0.3, 0.4) is 0 Å². The molecule has 2 radical (unpaired) electrons. The first-order valence-electron chi connectivity index (χ1n) is 0.783. The van der Waals surface area contributed by atoms with Gasteiger partial charge in [0, 0.05) is 67.4 Å². The van der Waals surface area contributed by atoms with E-state index >= 15 is 0 Å². The molecule has 0 aromatic carbocycles. The number of hydrogen-bond donors (Lipinski definition) is 3. The van der Waals surface area contributed by atoms with Gasteiger partial charge in [-0.25, -0.2) is 4.57 Å². The number of phosphoric acid groups is 1. The summed E-state index contributed by atoms with van der Waals surface area (Å²) >= 11 is 0. The molecule has 0 rings (SSSR count). The Labute approximate surface area is 130 Å². The van der Waals surface area contributed by atoms with E-state index in [2.05, 4.69) is 0 Å². The molecule has 0 amide bonds. The van der Waals surface area contributed by atoms with E-state index in [1.54, 1.807) is 0 Å². The van der Waals surface area contributed by atoms with Crippen LogP contribution in [0, 0.1) is 0 Å². The number of hydrogen-bond acceptors (Lipinski definition) is 1. The van der Waals surface area contributed by atoms with E-state index in [-0.39, 0.29) is 105 Å². The summed E-state index contributed by atoms with van der Waals surface area (Å²) < 4.78 is 8.88. The molecule has 0 spiro atoms. The Morgan fingerprint density at radius 1 is 1.00 bits per heavy atom. The van der Waals surface area contributed by atoms with Crippen molar-refractivity contribution in [3.8, 4) is 0 Å². The van der Waals surface area contributed by atoms with Crippen LogP contribution < -0.4 is 0 Å². The minimum absolute atomic E-state index is 0.